The van der Waals surface area contributed by atoms with Crippen molar-refractivity contribution < 1.29 is 18.0 Å². The van der Waals surface area contributed by atoms with Gasteiger partial charge in [0.2, 0.25) is 10.0 Å². The highest BCUT2D eigenvalue weighted by molar-refractivity contribution is 7.89. The summed E-state index contributed by atoms with van der Waals surface area (Å²) in [5.41, 5.74) is 7.28. The van der Waals surface area contributed by atoms with Crippen molar-refractivity contribution in [2.75, 3.05) is 18.0 Å². The molecule has 0 aromatic heterocycles. The smallest absolute Gasteiger partial charge is 0.269 e. The first-order chi connectivity index (χ1) is 14.3. The Morgan fingerprint density at radius 3 is 2.43 bits per heavy atom. The Bertz CT molecular complexity index is 1020. The van der Waals surface area contributed by atoms with Crippen LogP contribution in [0, 0.1) is 0 Å². The van der Waals surface area contributed by atoms with E-state index >= 15 is 0 Å². The number of carbonyl (C=O) groups is 2. The van der Waals surface area contributed by atoms with Gasteiger partial charge in [-0.25, -0.2) is 13.1 Å². The molecule has 0 saturated heterocycles. The van der Waals surface area contributed by atoms with Gasteiger partial charge < -0.3 is 4.90 Å². The number of rotatable bonds is 6. The molecule has 0 fully saturated rings. The van der Waals surface area contributed by atoms with E-state index in [1.54, 1.807) is 13.8 Å². The van der Waals surface area contributed by atoms with Crippen molar-refractivity contribution in [1.82, 2.24) is 15.6 Å². The topological polar surface area (TPSA) is 108 Å². The number of hydrazine groups is 1. The van der Waals surface area contributed by atoms with E-state index in [4.69, 9.17) is 0 Å². The third-order valence-corrected chi connectivity index (χ3v) is 6.35. The van der Waals surface area contributed by atoms with Gasteiger partial charge in [-0.2, -0.15) is 0 Å². The minimum Gasteiger partial charge on any atom is -0.362 e. The number of fused-ring (bicyclic) bond motifs is 1. The van der Waals surface area contributed by atoms with Crippen molar-refractivity contribution >= 4 is 27.5 Å². The number of para-hydroxylation sites is 1. The lowest BCUT2D eigenvalue weighted by molar-refractivity contribution is -0.120. The Labute approximate surface area is 176 Å². The number of amides is 2. The van der Waals surface area contributed by atoms with Crippen molar-refractivity contribution in [3.8, 4) is 0 Å². The Balaban J connectivity index is 1.55. The summed E-state index contributed by atoms with van der Waals surface area (Å²) in [6, 6.07) is 13.2. The summed E-state index contributed by atoms with van der Waals surface area (Å²) in [5.74, 6) is -0.858. The molecule has 0 aliphatic carbocycles. The molecule has 2 aromatic carbocycles. The number of aryl methyl sites for hydroxylation is 1. The Morgan fingerprint density at radius 2 is 1.73 bits per heavy atom. The van der Waals surface area contributed by atoms with Gasteiger partial charge >= 0.3 is 0 Å². The van der Waals surface area contributed by atoms with E-state index in [9.17, 15) is 18.0 Å². The highest BCUT2D eigenvalue weighted by atomic mass is 32.2. The van der Waals surface area contributed by atoms with Crippen LogP contribution in [0.25, 0.3) is 0 Å². The minimum atomic E-state index is -3.63. The van der Waals surface area contributed by atoms with Crippen LogP contribution in [-0.4, -0.2) is 39.4 Å². The van der Waals surface area contributed by atoms with E-state index in [2.05, 4.69) is 21.6 Å². The van der Waals surface area contributed by atoms with Crippen LogP contribution < -0.4 is 20.5 Å². The molecule has 160 valence electrons. The molecule has 9 heteroatoms. The molecule has 0 spiro atoms. The molecular weight excluding hydrogens is 404 g/mol. The van der Waals surface area contributed by atoms with Gasteiger partial charge in [-0.15, -0.1) is 0 Å². The summed E-state index contributed by atoms with van der Waals surface area (Å²) < 4.78 is 26.8. The maximum absolute atomic E-state index is 12.3. The molecule has 1 heterocycles. The Morgan fingerprint density at radius 1 is 1.03 bits per heavy atom. The fourth-order valence-corrected chi connectivity index (χ4v) is 4.60. The summed E-state index contributed by atoms with van der Waals surface area (Å²) in [6.45, 7) is 4.36. The first-order valence-corrected chi connectivity index (χ1v) is 11.3. The summed E-state index contributed by atoms with van der Waals surface area (Å²) in [6.07, 6.45) is 1.96. The second kappa shape index (κ2) is 9.27. The predicted octanol–water partition coefficient (Wildman–Crippen LogP) is 1.59. The van der Waals surface area contributed by atoms with Crippen LogP contribution >= 0.6 is 0 Å². The molecule has 3 N–H and O–H groups in total. The SMILES string of the molecule is CC(C)NS(=O)(=O)c1ccc(C(=O)NNC(=O)CN2CCCc3ccccc32)cc1. The number of nitrogens with zero attached hydrogens (tertiary/aromatic N) is 1. The van der Waals surface area contributed by atoms with E-state index in [1.165, 1.54) is 29.8 Å². The molecule has 1 aliphatic heterocycles. The van der Waals surface area contributed by atoms with Crippen LogP contribution in [0.3, 0.4) is 0 Å². The lowest BCUT2D eigenvalue weighted by Gasteiger charge is -2.30. The van der Waals surface area contributed by atoms with E-state index in [-0.39, 0.29) is 29.0 Å². The highest BCUT2D eigenvalue weighted by Gasteiger charge is 2.19. The van der Waals surface area contributed by atoms with Crippen molar-refractivity contribution in [3.63, 3.8) is 0 Å². The monoisotopic (exact) mass is 430 g/mol. The van der Waals surface area contributed by atoms with Gasteiger partial charge in [0.1, 0.15) is 0 Å². The molecule has 3 rings (SSSR count). The van der Waals surface area contributed by atoms with E-state index in [1.807, 2.05) is 23.1 Å². The van der Waals surface area contributed by atoms with Gasteiger partial charge in [0.05, 0.1) is 11.4 Å². The van der Waals surface area contributed by atoms with Gasteiger partial charge in [-0.1, -0.05) is 18.2 Å². The van der Waals surface area contributed by atoms with Gasteiger partial charge in [0.15, 0.2) is 0 Å². The summed E-state index contributed by atoms with van der Waals surface area (Å²) in [5, 5.41) is 0. The number of hydrogen-bond acceptors (Lipinski definition) is 5. The van der Waals surface area contributed by atoms with Crippen LogP contribution in [0.15, 0.2) is 53.4 Å². The average molecular weight is 431 g/mol. The zero-order valence-electron chi connectivity index (χ0n) is 17.0. The summed E-state index contributed by atoms with van der Waals surface area (Å²) in [7, 11) is -3.63. The normalized spacial score (nSPS) is 13.6. The molecule has 0 saturated carbocycles. The molecule has 8 nitrogen and oxygen atoms in total. The van der Waals surface area contributed by atoms with Gasteiger partial charge in [0, 0.05) is 23.8 Å². The number of nitrogens with one attached hydrogen (secondary N) is 3. The fourth-order valence-electron chi connectivity index (χ4n) is 3.35. The number of carbonyl (C=O) groups excluding carboxylic acids is 2. The Kier molecular flexibility index (Phi) is 6.73. The largest absolute Gasteiger partial charge is 0.362 e. The van der Waals surface area contributed by atoms with Crippen LogP contribution in [-0.2, 0) is 21.2 Å². The quantitative estimate of drug-likeness (QED) is 0.603. The fraction of sp³-hybridized carbons (Fsp3) is 0.333. The molecular formula is C21H26N4O4S. The van der Waals surface area contributed by atoms with Crippen LogP contribution in [0.4, 0.5) is 5.69 Å². The lowest BCUT2D eigenvalue weighted by atomic mass is 10.0. The maximum Gasteiger partial charge on any atom is 0.269 e. The number of hydrogen-bond donors (Lipinski definition) is 3. The standard InChI is InChI=1S/C21H26N4O4S/c1-15(2)24-30(28,29)18-11-9-17(10-12-18)21(27)23-22-20(26)14-25-13-5-7-16-6-3-4-8-19(16)25/h3-4,6,8-12,15,24H,5,7,13-14H2,1-2H3,(H,22,26)(H,23,27). The predicted molar refractivity (Wildman–Crippen MR) is 114 cm³/mol. The average Bonchev–Trinajstić information content (AvgIpc) is 2.71. The van der Waals surface area contributed by atoms with Crippen molar-refractivity contribution in [2.24, 2.45) is 0 Å². The lowest BCUT2D eigenvalue weighted by Crippen LogP contribution is -2.47. The summed E-state index contributed by atoms with van der Waals surface area (Å²) >= 11 is 0. The molecule has 0 atom stereocenters. The first-order valence-electron chi connectivity index (χ1n) is 9.81. The zero-order valence-corrected chi connectivity index (χ0v) is 17.8. The van der Waals surface area contributed by atoms with E-state index < -0.39 is 15.9 Å². The molecule has 0 unspecified atom stereocenters. The zero-order chi connectivity index (χ0) is 21.7. The molecule has 1 aliphatic rings. The Hall–Kier alpha value is -2.91. The van der Waals surface area contributed by atoms with Crippen LogP contribution in [0.5, 0.6) is 0 Å². The van der Waals surface area contributed by atoms with Crippen LogP contribution in [0.2, 0.25) is 0 Å². The molecule has 30 heavy (non-hydrogen) atoms. The summed E-state index contributed by atoms with van der Waals surface area (Å²) in [4.78, 5) is 26.6. The molecule has 2 aromatic rings. The number of sulfonamides is 1. The first kappa shape index (κ1) is 21.8. The minimum absolute atomic E-state index is 0.0700. The number of benzene rings is 2. The molecule has 0 bridgehead atoms. The van der Waals surface area contributed by atoms with Crippen LogP contribution in [0.1, 0.15) is 36.2 Å². The van der Waals surface area contributed by atoms with E-state index in [0.717, 1.165) is 25.1 Å². The highest BCUT2D eigenvalue weighted by Crippen LogP contribution is 2.26. The van der Waals surface area contributed by atoms with Gasteiger partial charge in [-0.3, -0.25) is 20.4 Å². The molecule has 0 radical (unpaired) electrons. The second-order valence-corrected chi connectivity index (χ2v) is 9.17. The third kappa shape index (κ3) is 5.37. The molecule has 2 amide bonds. The van der Waals surface area contributed by atoms with Crippen molar-refractivity contribution in [3.05, 3.63) is 59.7 Å². The maximum atomic E-state index is 12.3. The van der Waals surface area contributed by atoms with E-state index in [0.29, 0.717) is 0 Å². The second-order valence-electron chi connectivity index (χ2n) is 7.46. The third-order valence-electron chi connectivity index (χ3n) is 4.67. The van der Waals surface area contributed by atoms with Gasteiger partial charge in [0.25, 0.3) is 11.8 Å². The van der Waals surface area contributed by atoms with Crippen molar-refractivity contribution in [1.29, 1.82) is 0 Å². The number of anilines is 1. The van der Waals surface area contributed by atoms with Gasteiger partial charge in [-0.05, 0) is 62.6 Å². The van der Waals surface area contributed by atoms with Crippen molar-refractivity contribution in [2.45, 2.75) is 37.6 Å².